The maximum atomic E-state index is 12.8. The first-order valence-corrected chi connectivity index (χ1v) is 9.01. The van der Waals surface area contributed by atoms with E-state index in [0.29, 0.717) is 27.8 Å². The summed E-state index contributed by atoms with van der Waals surface area (Å²) in [6, 6.07) is 17.4. The van der Waals surface area contributed by atoms with E-state index in [2.05, 4.69) is 10.6 Å². The molecule has 2 N–H and O–H groups in total. The highest BCUT2D eigenvalue weighted by Gasteiger charge is 2.16. The zero-order chi connectivity index (χ0) is 20.1. The molecule has 5 nitrogen and oxygen atoms in total. The van der Waals surface area contributed by atoms with E-state index < -0.39 is 11.8 Å². The Morgan fingerprint density at radius 1 is 1.00 bits per heavy atom. The molecule has 0 spiro atoms. The molecular weight excluding hydrogens is 376 g/mol. The number of carbonyl (C=O) groups excluding carboxylic acids is 2. The van der Waals surface area contributed by atoms with Gasteiger partial charge in [0.05, 0.1) is 0 Å². The Kier molecular flexibility index (Phi) is 5.96. The fraction of sp³-hybridized carbons (Fsp3) is 0.0909. The van der Waals surface area contributed by atoms with Gasteiger partial charge >= 0.3 is 0 Å². The van der Waals surface area contributed by atoms with Crippen molar-refractivity contribution in [1.29, 1.82) is 0 Å². The smallest absolute Gasteiger partial charge is 0.272 e. The molecule has 0 saturated carbocycles. The molecule has 28 heavy (non-hydrogen) atoms. The van der Waals surface area contributed by atoms with Crippen molar-refractivity contribution in [3.8, 4) is 0 Å². The summed E-state index contributed by atoms with van der Waals surface area (Å²) in [4.78, 5) is 25.4. The Balaban J connectivity index is 1.86. The van der Waals surface area contributed by atoms with E-state index in [1.807, 2.05) is 19.1 Å². The molecule has 1 aromatic heterocycles. The number of anilines is 1. The maximum absolute atomic E-state index is 12.8. The summed E-state index contributed by atoms with van der Waals surface area (Å²) in [7, 11) is 0. The van der Waals surface area contributed by atoms with Crippen LogP contribution in [0.15, 0.2) is 70.8 Å². The van der Waals surface area contributed by atoms with Crippen molar-refractivity contribution in [3.05, 3.63) is 94.0 Å². The van der Waals surface area contributed by atoms with Crippen molar-refractivity contribution < 1.29 is 14.0 Å². The van der Waals surface area contributed by atoms with Crippen LogP contribution in [-0.4, -0.2) is 11.8 Å². The molecular formula is C22H19ClN2O3. The molecule has 0 atom stereocenters. The SMILES string of the molecule is Cc1ccc(NC(=O)C(=Cc2ccc(C)o2)NC(=O)c2cccc(Cl)c2)cc1. The Morgan fingerprint density at radius 3 is 2.39 bits per heavy atom. The number of benzene rings is 2. The summed E-state index contributed by atoms with van der Waals surface area (Å²) in [5.74, 6) is 0.244. The lowest BCUT2D eigenvalue weighted by molar-refractivity contribution is -0.113. The van der Waals surface area contributed by atoms with Gasteiger partial charge in [0.2, 0.25) is 0 Å². The normalized spacial score (nSPS) is 11.2. The number of halogens is 1. The number of nitrogens with one attached hydrogen (secondary N) is 2. The van der Waals surface area contributed by atoms with Crippen LogP contribution < -0.4 is 10.6 Å². The van der Waals surface area contributed by atoms with E-state index in [4.69, 9.17) is 16.0 Å². The molecule has 0 aliphatic carbocycles. The van der Waals surface area contributed by atoms with Crippen LogP contribution in [0.2, 0.25) is 5.02 Å². The molecule has 0 radical (unpaired) electrons. The number of hydrogen-bond donors (Lipinski definition) is 2. The van der Waals surface area contributed by atoms with Crippen LogP contribution in [0.1, 0.15) is 27.4 Å². The minimum Gasteiger partial charge on any atom is -0.462 e. The summed E-state index contributed by atoms with van der Waals surface area (Å²) in [6.45, 7) is 3.76. The lowest BCUT2D eigenvalue weighted by Crippen LogP contribution is -2.30. The number of amides is 2. The van der Waals surface area contributed by atoms with E-state index in [-0.39, 0.29) is 5.70 Å². The van der Waals surface area contributed by atoms with Gasteiger partial charge in [-0.3, -0.25) is 9.59 Å². The summed E-state index contributed by atoms with van der Waals surface area (Å²) >= 11 is 5.95. The predicted octanol–water partition coefficient (Wildman–Crippen LogP) is 4.96. The van der Waals surface area contributed by atoms with Gasteiger partial charge in [-0.1, -0.05) is 35.4 Å². The molecule has 0 fully saturated rings. The van der Waals surface area contributed by atoms with Gasteiger partial charge in [-0.05, 0) is 56.3 Å². The fourth-order valence-corrected chi connectivity index (χ4v) is 2.68. The summed E-state index contributed by atoms with van der Waals surface area (Å²) in [6.07, 6.45) is 1.49. The van der Waals surface area contributed by atoms with E-state index in [1.54, 1.807) is 49.4 Å². The van der Waals surface area contributed by atoms with Crippen LogP contribution in [0.4, 0.5) is 5.69 Å². The van der Waals surface area contributed by atoms with Crippen LogP contribution in [0.25, 0.3) is 6.08 Å². The fourth-order valence-electron chi connectivity index (χ4n) is 2.49. The average Bonchev–Trinajstić information content (AvgIpc) is 3.08. The average molecular weight is 395 g/mol. The number of carbonyl (C=O) groups is 2. The van der Waals surface area contributed by atoms with Crippen molar-refractivity contribution in [2.24, 2.45) is 0 Å². The zero-order valence-corrected chi connectivity index (χ0v) is 16.2. The summed E-state index contributed by atoms with van der Waals surface area (Å²) < 4.78 is 5.51. The largest absolute Gasteiger partial charge is 0.462 e. The molecule has 0 aliphatic rings. The Hall–Kier alpha value is -3.31. The molecule has 3 rings (SSSR count). The second-order valence-electron chi connectivity index (χ2n) is 6.29. The molecule has 0 aliphatic heterocycles. The molecule has 0 unspecified atom stereocenters. The quantitative estimate of drug-likeness (QED) is 0.601. The minimum atomic E-state index is -0.465. The van der Waals surface area contributed by atoms with Gasteiger partial charge in [0, 0.05) is 22.3 Å². The van der Waals surface area contributed by atoms with Gasteiger partial charge in [-0.25, -0.2) is 0 Å². The lowest BCUT2D eigenvalue weighted by atomic mass is 10.2. The van der Waals surface area contributed by atoms with Gasteiger partial charge in [0.15, 0.2) is 0 Å². The number of aryl methyl sites for hydroxylation is 2. The van der Waals surface area contributed by atoms with Gasteiger partial charge in [0.1, 0.15) is 17.2 Å². The molecule has 1 heterocycles. The number of hydrogen-bond acceptors (Lipinski definition) is 3. The van der Waals surface area contributed by atoms with Gasteiger partial charge in [0.25, 0.3) is 11.8 Å². The van der Waals surface area contributed by atoms with Crippen molar-refractivity contribution in [3.63, 3.8) is 0 Å². The van der Waals surface area contributed by atoms with Crippen molar-refractivity contribution in [2.75, 3.05) is 5.32 Å². The first-order chi connectivity index (χ1) is 13.4. The maximum Gasteiger partial charge on any atom is 0.272 e. The second kappa shape index (κ2) is 8.59. The first kappa shape index (κ1) is 19.5. The highest BCUT2D eigenvalue weighted by Crippen LogP contribution is 2.15. The van der Waals surface area contributed by atoms with Crippen molar-refractivity contribution >= 4 is 35.2 Å². The Bertz CT molecular complexity index is 1040. The third-order valence-corrected chi connectivity index (χ3v) is 4.17. The van der Waals surface area contributed by atoms with E-state index >= 15 is 0 Å². The van der Waals surface area contributed by atoms with Crippen LogP contribution in [-0.2, 0) is 4.79 Å². The molecule has 2 amide bonds. The van der Waals surface area contributed by atoms with E-state index in [0.717, 1.165) is 5.56 Å². The number of furan rings is 1. The molecule has 6 heteroatoms. The Morgan fingerprint density at radius 2 is 1.75 bits per heavy atom. The molecule has 2 aromatic carbocycles. The van der Waals surface area contributed by atoms with Gasteiger partial charge in [-0.2, -0.15) is 0 Å². The van der Waals surface area contributed by atoms with Crippen molar-refractivity contribution in [1.82, 2.24) is 5.32 Å². The molecule has 0 bridgehead atoms. The van der Waals surface area contributed by atoms with Crippen LogP contribution >= 0.6 is 11.6 Å². The monoisotopic (exact) mass is 394 g/mol. The second-order valence-corrected chi connectivity index (χ2v) is 6.73. The summed E-state index contributed by atoms with van der Waals surface area (Å²) in [5, 5.41) is 5.85. The third-order valence-electron chi connectivity index (χ3n) is 3.94. The number of rotatable bonds is 5. The lowest BCUT2D eigenvalue weighted by Gasteiger charge is -2.11. The Labute approximate surface area is 168 Å². The first-order valence-electron chi connectivity index (χ1n) is 8.64. The zero-order valence-electron chi connectivity index (χ0n) is 15.5. The van der Waals surface area contributed by atoms with Gasteiger partial charge in [-0.15, -0.1) is 0 Å². The van der Waals surface area contributed by atoms with Crippen LogP contribution in [0.5, 0.6) is 0 Å². The van der Waals surface area contributed by atoms with Crippen LogP contribution in [0.3, 0.4) is 0 Å². The highest BCUT2D eigenvalue weighted by atomic mass is 35.5. The van der Waals surface area contributed by atoms with Gasteiger partial charge < -0.3 is 15.1 Å². The standard InChI is InChI=1S/C22H19ClN2O3/c1-14-6-9-18(10-7-14)24-22(27)20(13-19-11-8-15(2)28-19)25-21(26)16-4-3-5-17(23)12-16/h3-13H,1-2H3,(H,24,27)(H,25,26). The molecule has 0 saturated heterocycles. The molecule has 3 aromatic rings. The third kappa shape index (κ3) is 5.11. The van der Waals surface area contributed by atoms with E-state index in [9.17, 15) is 9.59 Å². The topological polar surface area (TPSA) is 71.3 Å². The van der Waals surface area contributed by atoms with Crippen LogP contribution in [0, 0.1) is 13.8 Å². The minimum absolute atomic E-state index is 0.0555. The van der Waals surface area contributed by atoms with E-state index in [1.165, 1.54) is 12.1 Å². The highest BCUT2D eigenvalue weighted by molar-refractivity contribution is 6.31. The molecule has 142 valence electrons. The predicted molar refractivity (Wildman–Crippen MR) is 110 cm³/mol. The summed E-state index contributed by atoms with van der Waals surface area (Å²) in [5.41, 5.74) is 2.10. The van der Waals surface area contributed by atoms with Crippen molar-refractivity contribution in [2.45, 2.75) is 13.8 Å².